The summed E-state index contributed by atoms with van der Waals surface area (Å²) in [4.78, 5) is 31.5. The van der Waals surface area contributed by atoms with Crippen molar-refractivity contribution in [2.24, 2.45) is 5.92 Å². The minimum absolute atomic E-state index is 0.000157. The second-order valence-corrected chi connectivity index (χ2v) is 14.6. The quantitative estimate of drug-likeness (QED) is 0.180. The van der Waals surface area contributed by atoms with Crippen molar-refractivity contribution in [3.05, 3.63) is 35.3 Å². The Bertz CT molecular complexity index is 1850. The first-order valence-corrected chi connectivity index (χ1v) is 17.5. The Kier molecular flexibility index (Phi) is 7.79. The number of anilines is 2. The Hall–Kier alpha value is -2.86. The minimum Gasteiger partial charge on any atom is -0.383 e. The van der Waals surface area contributed by atoms with Gasteiger partial charge >= 0.3 is 15.1 Å². The average molecular weight is 670 g/mol. The lowest BCUT2D eigenvalue weighted by Crippen LogP contribution is -2.36. The van der Waals surface area contributed by atoms with Crippen molar-refractivity contribution in [1.82, 2.24) is 34.1 Å². The van der Waals surface area contributed by atoms with Gasteiger partial charge < -0.3 is 39.1 Å². The van der Waals surface area contributed by atoms with Crippen LogP contribution in [-0.4, -0.2) is 78.8 Å². The predicted molar refractivity (Wildman–Crippen MR) is 158 cm³/mol. The molecule has 18 nitrogen and oxygen atoms in total. The van der Waals surface area contributed by atoms with Crippen LogP contribution in [0.25, 0.3) is 22.2 Å². The highest BCUT2D eigenvalue weighted by atomic mass is 32.7. The molecule has 2 bridgehead atoms. The summed E-state index contributed by atoms with van der Waals surface area (Å²) in [5.41, 5.74) is 12.0. The smallest absolute Gasteiger partial charge is 0.383 e. The van der Waals surface area contributed by atoms with Gasteiger partial charge in [0.2, 0.25) is 5.95 Å². The third-order valence-corrected chi connectivity index (χ3v) is 10.7. The number of nitrogens with one attached hydrogen (secondary N) is 1. The summed E-state index contributed by atoms with van der Waals surface area (Å²) in [6.07, 6.45) is 1.02. The van der Waals surface area contributed by atoms with Crippen LogP contribution in [0.4, 0.5) is 11.8 Å². The molecule has 5 N–H and O–H groups in total. The first kappa shape index (κ1) is 29.8. The number of nitrogen functional groups attached to an aromatic ring is 2. The van der Waals surface area contributed by atoms with Crippen LogP contribution in [-0.2, 0) is 36.7 Å². The Morgan fingerprint density at radius 1 is 1.16 bits per heavy atom. The number of imidazole rings is 1. The van der Waals surface area contributed by atoms with Crippen LogP contribution in [0.5, 0.6) is 0 Å². The fraction of sp³-hybridized carbons (Fsp3) is 0.522. The van der Waals surface area contributed by atoms with Crippen molar-refractivity contribution in [2.75, 3.05) is 31.8 Å². The van der Waals surface area contributed by atoms with Gasteiger partial charge in [0, 0.05) is 25.3 Å². The molecular formula is C23H29N9O9P2S. The third-order valence-electron chi connectivity index (χ3n) is 8.14. The highest BCUT2D eigenvalue weighted by Gasteiger charge is 2.51. The summed E-state index contributed by atoms with van der Waals surface area (Å²) in [6, 6.07) is 1.71. The molecular weight excluding hydrogens is 640 g/mol. The Labute approximate surface area is 254 Å². The van der Waals surface area contributed by atoms with Gasteiger partial charge in [0.15, 0.2) is 17.4 Å². The highest BCUT2D eigenvalue weighted by molar-refractivity contribution is 8.44. The number of nitrogens with zero attached hydrogens (tertiary/aromatic N) is 6. The maximum atomic E-state index is 13.7. The second-order valence-electron chi connectivity index (χ2n) is 10.7. The van der Waals surface area contributed by atoms with Crippen LogP contribution in [0.15, 0.2) is 29.7 Å². The molecule has 2 saturated heterocycles. The van der Waals surface area contributed by atoms with Gasteiger partial charge in [-0.3, -0.25) is 23.4 Å². The van der Waals surface area contributed by atoms with Crippen LogP contribution in [0, 0.1) is 5.92 Å². The van der Waals surface area contributed by atoms with Gasteiger partial charge in [-0.25, -0.2) is 19.5 Å². The molecule has 236 valence electrons. The molecule has 7 rings (SSSR count). The SMILES string of the molecule is CO[C@H]1[C@H]2O[P@@](=O)(S)OC[C@H]3C[C@@H](n4ccc5c(N)ncnc54)C[C@@H]3O[PH](=O)OC[C@H]1O[C@H]2n1cnc2c(=O)[nH]c(N)nc21. The van der Waals surface area contributed by atoms with E-state index >= 15 is 0 Å². The molecule has 0 aromatic carbocycles. The van der Waals surface area contributed by atoms with Crippen molar-refractivity contribution in [3.8, 4) is 0 Å². The van der Waals surface area contributed by atoms with Crippen molar-refractivity contribution >= 4 is 61.3 Å². The number of nitrogens with two attached hydrogens (primary N) is 2. The van der Waals surface area contributed by atoms with Gasteiger partial charge in [-0.15, -0.1) is 0 Å². The van der Waals surface area contributed by atoms with E-state index in [1.165, 1.54) is 24.3 Å². The lowest BCUT2D eigenvalue weighted by atomic mass is 10.1. The number of aromatic nitrogens is 7. The summed E-state index contributed by atoms with van der Waals surface area (Å²) < 4.78 is 65.4. The standard InChI is InChI=1S/C23H29N9O9P2S/c1-36-16-14-7-37-42(34)40-13-5-11(31-3-2-12-18(24)26-8-27-19(12)31)4-10(13)6-38-43(35,44)41-17(16)22(39-14)32-9-28-15-20(32)29-23(25)30-21(15)33/h2-3,8-11,13-14,16-17,22,42H,4-7H2,1H3,(H,35,44)(H2,24,26,27)(H3,25,29,30,33)/t10-,11-,13+,14-,16-,17-,22-,43+/m1/s1. The second kappa shape index (κ2) is 11.5. The van der Waals surface area contributed by atoms with E-state index in [0.717, 1.165) is 0 Å². The third kappa shape index (κ3) is 5.35. The van der Waals surface area contributed by atoms with Crippen molar-refractivity contribution < 1.29 is 36.7 Å². The summed E-state index contributed by atoms with van der Waals surface area (Å²) in [5, 5.41) is 0.711. The van der Waals surface area contributed by atoms with E-state index in [-0.39, 0.29) is 42.3 Å². The van der Waals surface area contributed by atoms with Crippen molar-refractivity contribution in [2.45, 2.75) is 49.5 Å². The zero-order valence-electron chi connectivity index (χ0n) is 23.1. The van der Waals surface area contributed by atoms with E-state index in [4.69, 9.17) is 39.0 Å². The van der Waals surface area contributed by atoms with Gasteiger partial charge in [-0.05, 0) is 18.9 Å². The monoisotopic (exact) mass is 669 g/mol. The van der Waals surface area contributed by atoms with Gasteiger partial charge in [0.1, 0.15) is 36.1 Å². The van der Waals surface area contributed by atoms with E-state index in [0.29, 0.717) is 29.7 Å². The number of rotatable bonds is 3. The Morgan fingerprint density at radius 2 is 2.00 bits per heavy atom. The molecule has 0 amide bonds. The number of hydrogen-bond acceptors (Lipinski definition) is 15. The zero-order valence-corrected chi connectivity index (χ0v) is 25.9. The predicted octanol–water partition coefficient (Wildman–Crippen LogP) is 1.84. The lowest BCUT2D eigenvalue weighted by Gasteiger charge is -2.27. The van der Waals surface area contributed by atoms with Crippen molar-refractivity contribution in [3.63, 3.8) is 0 Å². The number of H-pyrrole nitrogens is 1. The molecule has 9 atom stereocenters. The van der Waals surface area contributed by atoms with Gasteiger partial charge in [0.25, 0.3) is 5.56 Å². The zero-order chi connectivity index (χ0) is 30.7. The molecule has 1 saturated carbocycles. The van der Waals surface area contributed by atoms with E-state index < -0.39 is 51.3 Å². The molecule has 21 heteroatoms. The Balaban J connectivity index is 1.18. The molecule has 3 fully saturated rings. The van der Waals surface area contributed by atoms with Gasteiger partial charge in [-0.2, -0.15) is 4.98 Å². The molecule has 0 spiro atoms. The van der Waals surface area contributed by atoms with E-state index in [2.05, 4.69) is 37.2 Å². The highest BCUT2D eigenvalue weighted by Crippen LogP contribution is 2.58. The van der Waals surface area contributed by atoms with Crippen LogP contribution in [0.2, 0.25) is 0 Å². The number of ether oxygens (including phenoxy) is 2. The lowest BCUT2D eigenvalue weighted by molar-refractivity contribution is -0.0511. The van der Waals surface area contributed by atoms with E-state index in [1.54, 1.807) is 0 Å². The summed E-state index contributed by atoms with van der Waals surface area (Å²) in [7, 11) is -1.64. The maximum absolute atomic E-state index is 13.7. The molecule has 0 radical (unpaired) electrons. The number of aromatic amines is 1. The summed E-state index contributed by atoms with van der Waals surface area (Å²) in [5.74, 6) is -0.130. The fourth-order valence-electron chi connectivity index (χ4n) is 6.17. The molecule has 3 aliphatic rings. The first-order chi connectivity index (χ1) is 21.1. The number of methoxy groups -OCH3 is 1. The number of fused-ring (bicyclic) bond motifs is 5. The van der Waals surface area contributed by atoms with Crippen LogP contribution >= 0.6 is 27.3 Å². The molecule has 6 heterocycles. The minimum atomic E-state index is -4.08. The maximum Gasteiger partial charge on any atom is 0.386 e. The molecule has 1 aliphatic carbocycles. The largest absolute Gasteiger partial charge is 0.386 e. The molecule has 4 aromatic rings. The normalized spacial score (nSPS) is 34.9. The van der Waals surface area contributed by atoms with Crippen LogP contribution < -0.4 is 17.0 Å². The summed E-state index contributed by atoms with van der Waals surface area (Å²) >= 11 is 4.27. The van der Waals surface area contributed by atoms with Gasteiger partial charge in [0.05, 0.1) is 31.0 Å². The van der Waals surface area contributed by atoms with Crippen LogP contribution in [0.1, 0.15) is 25.1 Å². The average Bonchev–Trinajstić information content (AvgIpc) is 3.75. The van der Waals surface area contributed by atoms with E-state index in [9.17, 15) is 13.9 Å². The molecule has 44 heavy (non-hydrogen) atoms. The number of hydrogen-bond donors (Lipinski definition) is 4. The van der Waals surface area contributed by atoms with E-state index in [1.807, 2.05) is 16.8 Å². The Morgan fingerprint density at radius 3 is 2.82 bits per heavy atom. The molecule has 4 aromatic heterocycles. The van der Waals surface area contributed by atoms with Crippen molar-refractivity contribution in [1.29, 1.82) is 0 Å². The topological polar surface area (TPSA) is 236 Å². The van der Waals surface area contributed by atoms with Gasteiger partial charge in [-0.1, -0.05) is 12.2 Å². The molecule has 1 unspecified atom stereocenters. The first-order valence-electron chi connectivity index (χ1n) is 13.6. The number of thiol groups is 1. The summed E-state index contributed by atoms with van der Waals surface area (Å²) in [6.45, 7) is -4.39. The fourth-order valence-corrected chi connectivity index (χ4v) is 8.57. The molecule has 2 aliphatic heterocycles. The van der Waals surface area contributed by atoms with Crippen LogP contribution in [0.3, 0.4) is 0 Å².